The van der Waals surface area contributed by atoms with Gasteiger partial charge >= 0.3 is 6.18 Å². The number of nitrogens with zero attached hydrogens (tertiary/aromatic N) is 3. The molecule has 0 aliphatic heterocycles. The lowest BCUT2D eigenvalue weighted by Crippen LogP contribution is -2.28. The van der Waals surface area contributed by atoms with Crippen molar-refractivity contribution in [3.05, 3.63) is 35.8 Å². The molecule has 0 saturated heterocycles. The number of rotatable bonds is 4. The molecule has 0 aromatic carbocycles. The van der Waals surface area contributed by atoms with Gasteiger partial charge in [-0.3, -0.25) is 9.48 Å². The van der Waals surface area contributed by atoms with Crippen LogP contribution in [0.5, 0.6) is 0 Å². The number of halogens is 3. The van der Waals surface area contributed by atoms with Crippen LogP contribution in [0.1, 0.15) is 48.3 Å². The number of anilines is 2. The molecule has 2 aromatic rings. The molecule has 1 aliphatic rings. The zero-order chi connectivity index (χ0) is 19.8. The summed E-state index contributed by atoms with van der Waals surface area (Å²) >= 11 is 0. The summed E-state index contributed by atoms with van der Waals surface area (Å²) in [5.74, 6) is -0.399. The van der Waals surface area contributed by atoms with Gasteiger partial charge in [0.2, 0.25) is 0 Å². The predicted octanol–water partition coefficient (Wildman–Crippen LogP) is 2.86. The number of aliphatic hydroxyl groups excluding tert-OH is 1. The van der Waals surface area contributed by atoms with Crippen molar-refractivity contribution in [2.45, 2.75) is 44.5 Å². The van der Waals surface area contributed by atoms with E-state index in [9.17, 15) is 23.1 Å². The highest BCUT2D eigenvalue weighted by Gasteiger charge is 2.32. The molecule has 0 unspecified atom stereocenters. The highest BCUT2D eigenvalue weighted by Crippen LogP contribution is 2.35. The van der Waals surface area contributed by atoms with E-state index in [1.54, 1.807) is 4.68 Å². The Morgan fingerprint density at radius 3 is 2.67 bits per heavy atom. The summed E-state index contributed by atoms with van der Waals surface area (Å²) in [7, 11) is 0. The summed E-state index contributed by atoms with van der Waals surface area (Å²) < 4.78 is 39.5. The Kier molecular flexibility index (Phi) is 5.09. The van der Waals surface area contributed by atoms with Crippen LogP contribution in [0, 0.1) is 5.92 Å². The number of nitrogens with one attached hydrogen (secondary N) is 1. The van der Waals surface area contributed by atoms with Gasteiger partial charge in [0.25, 0.3) is 5.91 Å². The molecule has 0 spiro atoms. The van der Waals surface area contributed by atoms with Crippen LogP contribution in [0.15, 0.2) is 24.5 Å². The first-order valence-electron chi connectivity index (χ1n) is 8.52. The summed E-state index contributed by atoms with van der Waals surface area (Å²) in [4.78, 5) is 15.1. The maximum Gasteiger partial charge on any atom is 0.433 e. The maximum atomic E-state index is 12.6. The molecule has 146 valence electrons. The highest BCUT2D eigenvalue weighted by molar-refractivity contribution is 5.98. The van der Waals surface area contributed by atoms with Crippen molar-refractivity contribution in [3.8, 4) is 0 Å². The molecule has 4 N–H and O–H groups in total. The molecule has 1 fully saturated rings. The van der Waals surface area contributed by atoms with E-state index in [0.717, 1.165) is 12.3 Å². The van der Waals surface area contributed by atoms with Gasteiger partial charge < -0.3 is 16.2 Å². The Morgan fingerprint density at radius 2 is 2.11 bits per heavy atom. The number of carbonyl (C=O) groups is 1. The average molecular weight is 383 g/mol. The van der Waals surface area contributed by atoms with Crippen LogP contribution >= 0.6 is 0 Å². The third-order valence-electron chi connectivity index (χ3n) is 4.75. The van der Waals surface area contributed by atoms with Crippen LogP contribution in [0.2, 0.25) is 0 Å². The summed E-state index contributed by atoms with van der Waals surface area (Å²) in [5.41, 5.74) is 4.79. The minimum Gasteiger partial charge on any atom is -0.393 e. The standard InChI is InChI=1S/C17H20F3N5O2/c1-9-6-11(26)3-4-13(9)25-8-12(15(21)27)16(24-25)23-10-2-5-14(22-7-10)17(18,19)20/h2,5,7-9,11,13,26H,3-4,6H2,1H3,(H2,21,27)(H,23,24)/t9-,11+,13-/m0/s1. The fraction of sp³-hybridized carbons (Fsp3) is 0.471. The number of nitrogens with two attached hydrogens (primary N) is 1. The fourth-order valence-electron chi connectivity index (χ4n) is 3.35. The van der Waals surface area contributed by atoms with E-state index in [1.807, 2.05) is 6.92 Å². The lowest BCUT2D eigenvalue weighted by atomic mass is 9.84. The number of alkyl halides is 3. The molecule has 0 bridgehead atoms. The predicted molar refractivity (Wildman–Crippen MR) is 91.3 cm³/mol. The van der Waals surface area contributed by atoms with Gasteiger partial charge in [-0.2, -0.15) is 18.3 Å². The van der Waals surface area contributed by atoms with Gasteiger partial charge in [-0.15, -0.1) is 0 Å². The molecule has 1 saturated carbocycles. The average Bonchev–Trinajstić information content (AvgIpc) is 2.98. The molecule has 3 rings (SSSR count). The smallest absolute Gasteiger partial charge is 0.393 e. The molecule has 10 heteroatoms. The first kappa shape index (κ1) is 19.2. The third-order valence-corrected chi connectivity index (χ3v) is 4.75. The summed E-state index contributed by atoms with van der Waals surface area (Å²) in [6, 6.07) is 2.04. The number of aromatic nitrogens is 3. The fourth-order valence-corrected chi connectivity index (χ4v) is 3.35. The first-order valence-corrected chi connectivity index (χ1v) is 8.52. The number of carbonyl (C=O) groups excluding carboxylic acids is 1. The molecule has 27 heavy (non-hydrogen) atoms. The summed E-state index contributed by atoms with van der Waals surface area (Å²) in [6.45, 7) is 1.99. The Labute approximate surface area is 153 Å². The third kappa shape index (κ3) is 4.21. The molecule has 1 aliphatic carbocycles. The molecule has 1 amide bonds. The molecular formula is C17H20F3N5O2. The van der Waals surface area contributed by atoms with Gasteiger partial charge in [0, 0.05) is 6.20 Å². The highest BCUT2D eigenvalue weighted by atomic mass is 19.4. The second kappa shape index (κ2) is 7.18. The second-order valence-corrected chi connectivity index (χ2v) is 6.80. The topological polar surface area (TPSA) is 106 Å². The first-order chi connectivity index (χ1) is 12.6. The van der Waals surface area contributed by atoms with Crippen molar-refractivity contribution >= 4 is 17.4 Å². The van der Waals surface area contributed by atoms with Crippen molar-refractivity contribution in [2.75, 3.05) is 5.32 Å². The van der Waals surface area contributed by atoms with E-state index >= 15 is 0 Å². The van der Waals surface area contributed by atoms with Crippen molar-refractivity contribution in [2.24, 2.45) is 11.7 Å². The minimum absolute atomic E-state index is 0.00668. The van der Waals surface area contributed by atoms with Gasteiger partial charge in [0.15, 0.2) is 5.82 Å². The molecule has 2 heterocycles. The van der Waals surface area contributed by atoms with Gasteiger partial charge in [0.05, 0.1) is 24.0 Å². The van der Waals surface area contributed by atoms with Gasteiger partial charge in [-0.05, 0) is 37.3 Å². The summed E-state index contributed by atoms with van der Waals surface area (Å²) in [5, 5.41) is 16.9. The van der Waals surface area contributed by atoms with Gasteiger partial charge in [-0.25, -0.2) is 4.98 Å². The number of aliphatic hydroxyl groups is 1. The van der Waals surface area contributed by atoms with Crippen LogP contribution in [0.4, 0.5) is 24.7 Å². The SMILES string of the molecule is C[C@H]1C[C@H](O)CC[C@@H]1n1cc(C(N)=O)c(Nc2ccc(C(F)(F)F)nc2)n1. The van der Waals surface area contributed by atoms with E-state index in [-0.39, 0.29) is 35.1 Å². The number of primary amides is 1. The van der Waals surface area contributed by atoms with Crippen LogP contribution in [0.3, 0.4) is 0 Å². The largest absolute Gasteiger partial charge is 0.433 e. The molecular weight excluding hydrogens is 363 g/mol. The van der Waals surface area contributed by atoms with Crippen LogP contribution in [-0.4, -0.2) is 31.9 Å². The number of amides is 1. The zero-order valence-electron chi connectivity index (χ0n) is 14.6. The normalized spacial score (nSPS) is 23.2. The van der Waals surface area contributed by atoms with E-state index in [1.165, 1.54) is 12.3 Å². The Morgan fingerprint density at radius 1 is 1.37 bits per heavy atom. The lowest BCUT2D eigenvalue weighted by molar-refractivity contribution is -0.141. The number of hydrogen-bond donors (Lipinski definition) is 3. The Hall–Kier alpha value is -2.62. The van der Waals surface area contributed by atoms with Crippen molar-refractivity contribution in [1.29, 1.82) is 0 Å². The summed E-state index contributed by atoms with van der Waals surface area (Å²) in [6.07, 6.45) is -0.371. The molecule has 3 atom stereocenters. The second-order valence-electron chi connectivity index (χ2n) is 6.80. The molecule has 2 aromatic heterocycles. The van der Waals surface area contributed by atoms with E-state index in [2.05, 4.69) is 15.4 Å². The maximum absolute atomic E-state index is 12.6. The van der Waals surface area contributed by atoms with Crippen molar-refractivity contribution in [1.82, 2.24) is 14.8 Å². The van der Waals surface area contributed by atoms with Gasteiger partial charge in [0.1, 0.15) is 11.3 Å². The van der Waals surface area contributed by atoms with E-state index in [4.69, 9.17) is 5.73 Å². The van der Waals surface area contributed by atoms with Crippen LogP contribution in [0.25, 0.3) is 0 Å². The number of pyridine rings is 1. The quantitative estimate of drug-likeness (QED) is 0.753. The zero-order valence-corrected chi connectivity index (χ0v) is 14.6. The van der Waals surface area contributed by atoms with Crippen LogP contribution in [-0.2, 0) is 6.18 Å². The molecule has 0 radical (unpaired) electrons. The van der Waals surface area contributed by atoms with Crippen molar-refractivity contribution < 1.29 is 23.1 Å². The molecule has 7 nitrogen and oxygen atoms in total. The Balaban J connectivity index is 1.85. The lowest BCUT2D eigenvalue weighted by Gasteiger charge is -2.31. The van der Waals surface area contributed by atoms with E-state index in [0.29, 0.717) is 19.3 Å². The number of hydrogen-bond acceptors (Lipinski definition) is 5. The monoisotopic (exact) mass is 383 g/mol. The van der Waals surface area contributed by atoms with Crippen molar-refractivity contribution in [3.63, 3.8) is 0 Å². The van der Waals surface area contributed by atoms with Crippen LogP contribution < -0.4 is 11.1 Å². The minimum atomic E-state index is -4.53. The Bertz CT molecular complexity index is 819. The van der Waals surface area contributed by atoms with E-state index < -0.39 is 17.8 Å². The van der Waals surface area contributed by atoms with Gasteiger partial charge in [-0.1, -0.05) is 6.92 Å².